The third kappa shape index (κ3) is 2.47. The van der Waals surface area contributed by atoms with Crippen molar-refractivity contribution in [2.45, 2.75) is 96.1 Å². The number of rotatable bonds is 4. The third-order valence-corrected chi connectivity index (χ3v) is 6.59. The van der Waals surface area contributed by atoms with Gasteiger partial charge in [-0.05, 0) is 49.9 Å². The predicted molar refractivity (Wildman–Crippen MR) is 83.0 cm³/mol. The van der Waals surface area contributed by atoms with Crippen molar-refractivity contribution in [3.05, 3.63) is 0 Å². The Morgan fingerprint density at radius 2 is 1.53 bits per heavy atom. The second-order valence-corrected chi connectivity index (χ2v) is 7.09. The molecule has 2 atom stereocenters. The molecule has 2 nitrogen and oxygen atoms in total. The van der Waals surface area contributed by atoms with Crippen LogP contribution in [-0.2, 0) is 0 Å². The zero-order valence-electron chi connectivity index (χ0n) is 13.1. The van der Waals surface area contributed by atoms with Crippen LogP contribution in [0.2, 0.25) is 0 Å². The zero-order chi connectivity index (χ0) is 13.9. The molecule has 0 amide bonds. The summed E-state index contributed by atoms with van der Waals surface area (Å²) >= 11 is 0. The summed E-state index contributed by atoms with van der Waals surface area (Å²) in [5.41, 5.74) is 13.7. The summed E-state index contributed by atoms with van der Waals surface area (Å²) in [5.74, 6) is 0.811. The molecule has 2 unspecified atom stereocenters. The summed E-state index contributed by atoms with van der Waals surface area (Å²) in [4.78, 5) is 0. The fraction of sp³-hybridized carbons (Fsp3) is 1.00. The molecule has 2 rings (SSSR count). The van der Waals surface area contributed by atoms with E-state index >= 15 is 0 Å². The molecule has 0 heterocycles. The maximum atomic E-state index is 7.01. The second-order valence-electron chi connectivity index (χ2n) is 7.09. The van der Waals surface area contributed by atoms with Crippen LogP contribution in [0.5, 0.6) is 0 Å². The number of hydrogen-bond acceptors (Lipinski definition) is 2. The van der Waals surface area contributed by atoms with Crippen LogP contribution in [0.15, 0.2) is 0 Å². The van der Waals surface area contributed by atoms with Crippen molar-refractivity contribution in [1.29, 1.82) is 0 Å². The number of hydrogen-bond donors (Lipinski definition) is 2. The molecule has 0 radical (unpaired) electrons. The Balaban J connectivity index is 2.30. The van der Waals surface area contributed by atoms with Crippen molar-refractivity contribution in [1.82, 2.24) is 0 Å². The summed E-state index contributed by atoms with van der Waals surface area (Å²) < 4.78 is 0. The van der Waals surface area contributed by atoms with Gasteiger partial charge in [-0.25, -0.2) is 0 Å². The van der Waals surface area contributed by atoms with Crippen molar-refractivity contribution in [3.8, 4) is 0 Å². The van der Waals surface area contributed by atoms with E-state index in [0.29, 0.717) is 0 Å². The third-order valence-electron chi connectivity index (χ3n) is 6.59. The van der Waals surface area contributed by atoms with Gasteiger partial charge < -0.3 is 11.5 Å². The Kier molecular flexibility index (Phi) is 4.94. The molecule has 0 aliphatic heterocycles. The summed E-state index contributed by atoms with van der Waals surface area (Å²) in [7, 11) is 0. The van der Waals surface area contributed by atoms with Gasteiger partial charge in [-0.1, -0.05) is 46.0 Å². The van der Waals surface area contributed by atoms with Crippen LogP contribution in [0.1, 0.15) is 84.5 Å². The Hall–Kier alpha value is -0.0800. The van der Waals surface area contributed by atoms with Gasteiger partial charge in [-0.3, -0.25) is 0 Å². The van der Waals surface area contributed by atoms with Crippen LogP contribution < -0.4 is 11.5 Å². The standard InChI is InChI=1S/C17H34N2/c1-3-16(4-2,14-10-6-5-7-11-14)17(19)13-9-8-12-15(17)18/h14-15H,3-13,18-19H2,1-2H3. The van der Waals surface area contributed by atoms with Gasteiger partial charge in [-0.2, -0.15) is 0 Å². The van der Waals surface area contributed by atoms with E-state index in [1.54, 1.807) is 0 Å². The summed E-state index contributed by atoms with van der Waals surface area (Å²) in [5, 5.41) is 0. The largest absolute Gasteiger partial charge is 0.326 e. The van der Waals surface area contributed by atoms with Gasteiger partial charge in [0, 0.05) is 11.6 Å². The molecule has 0 aromatic rings. The molecule has 2 heteroatoms. The molecule has 4 N–H and O–H groups in total. The van der Waals surface area contributed by atoms with Crippen LogP contribution in [-0.4, -0.2) is 11.6 Å². The van der Waals surface area contributed by atoms with Crippen molar-refractivity contribution in [2.75, 3.05) is 0 Å². The summed E-state index contributed by atoms with van der Waals surface area (Å²) in [6, 6.07) is 0.211. The molecule has 0 saturated heterocycles. The minimum Gasteiger partial charge on any atom is -0.326 e. The van der Waals surface area contributed by atoms with Crippen molar-refractivity contribution >= 4 is 0 Å². The summed E-state index contributed by atoms with van der Waals surface area (Å²) in [6.45, 7) is 4.71. The topological polar surface area (TPSA) is 52.0 Å². The van der Waals surface area contributed by atoms with Crippen LogP contribution in [0.3, 0.4) is 0 Å². The first-order chi connectivity index (χ1) is 9.10. The van der Waals surface area contributed by atoms with E-state index in [4.69, 9.17) is 11.5 Å². The quantitative estimate of drug-likeness (QED) is 0.809. The lowest BCUT2D eigenvalue weighted by molar-refractivity contribution is -0.0204. The van der Waals surface area contributed by atoms with Gasteiger partial charge in [-0.15, -0.1) is 0 Å². The lowest BCUT2D eigenvalue weighted by atomic mass is 9.51. The first kappa shape index (κ1) is 15.3. The molecule has 112 valence electrons. The Labute approximate surface area is 119 Å². The minimum absolute atomic E-state index is 0.114. The predicted octanol–water partition coefficient (Wildman–Crippen LogP) is 3.97. The van der Waals surface area contributed by atoms with Crippen LogP contribution in [0, 0.1) is 11.3 Å². The molecule has 19 heavy (non-hydrogen) atoms. The highest BCUT2D eigenvalue weighted by Gasteiger charge is 2.54. The van der Waals surface area contributed by atoms with Gasteiger partial charge in [0.2, 0.25) is 0 Å². The smallest absolute Gasteiger partial charge is 0.0367 e. The maximum Gasteiger partial charge on any atom is 0.0367 e. The maximum absolute atomic E-state index is 7.01. The van der Waals surface area contributed by atoms with Gasteiger partial charge in [0.15, 0.2) is 0 Å². The SMILES string of the molecule is CCC(CC)(C1CCCCC1)C1(N)CCCCC1N. The van der Waals surface area contributed by atoms with Crippen molar-refractivity contribution < 1.29 is 0 Å². The molecule has 0 spiro atoms. The van der Waals surface area contributed by atoms with Crippen LogP contribution in [0.25, 0.3) is 0 Å². The fourth-order valence-corrected chi connectivity index (χ4v) is 5.36. The van der Waals surface area contributed by atoms with Crippen LogP contribution >= 0.6 is 0 Å². The minimum atomic E-state index is -0.114. The van der Waals surface area contributed by atoms with E-state index in [-0.39, 0.29) is 17.0 Å². The molecular weight excluding hydrogens is 232 g/mol. The lowest BCUT2D eigenvalue weighted by Gasteiger charge is -2.58. The van der Waals surface area contributed by atoms with E-state index in [1.807, 2.05) is 0 Å². The molecule has 0 aromatic carbocycles. The average molecular weight is 266 g/mol. The zero-order valence-corrected chi connectivity index (χ0v) is 13.1. The van der Waals surface area contributed by atoms with Gasteiger partial charge >= 0.3 is 0 Å². The monoisotopic (exact) mass is 266 g/mol. The first-order valence-corrected chi connectivity index (χ1v) is 8.65. The molecule has 2 fully saturated rings. The fourth-order valence-electron chi connectivity index (χ4n) is 5.36. The Bertz CT molecular complexity index is 279. The van der Waals surface area contributed by atoms with E-state index in [9.17, 15) is 0 Å². The Morgan fingerprint density at radius 1 is 0.947 bits per heavy atom. The molecule has 0 bridgehead atoms. The van der Waals surface area contributed by atoms with Gasteiger partial charge in [0.05, 0.1) is 0 Å². The highest BCUT2D eigenvalue weighted by molar-refractivity contribution is 5.11. The van der Waals surface area contributed by atoms with E-state index in [0.717, 1.165) is 18.8 Å². The Morgan fingerprint density at radius 3 is 2.05 bits per heavy atom. The average Bonchev–Trinajstić information content (AvgIpc) is 2.45. The van der Waals surface area contributed by atoms with Gasteiger partial charge in [0.1, 0.15) is 0 Å². The number of nitrogens with two attached hydrogens (primary N) is 2. The molecule has 2 saturated carbocycles. The second kappa shape index (κ2) is 6.13. The van der Waals surface area contributed by atoms with Crippen molar-refractivity contribution in [3.63, 3.8) is 0 Å². The molecule has 2 aliphatic carbocycles. The molecule has 2 aliphatic rings. The summed E-state index contributed by atoms with van der Waals surface area (Å²) in [6.07, 6.45) is 14.2. The van der Waals surface area contributed by atoms with Gasteiger partial charge in [0.25, 0.3) is 0 Å². The molecule has 0 aromatic heterocycles. The van der Waals surface area contributed by atoms with E-state index in [1.165, 1.54) is 57.8 Å². The van der Waals surface area contributed by atoms with E-state index in [2.05, 4.69) is 13.8 Å². The molecular formula is C17H34N2. The first-order valence-electron chi connectivity index (χ1n) is 8.65. The normalized spacial score (nSPS) is 34.4. The lowest BCUT2D eigenvalue weighted by Crippen LogP contribution is -2.68. The van der Waals surface area contributed by atoms with Crippen molar-refractivity contribution in [2.24, 2.45) is 22.8 Å². The highest BCUT2D eigenvalue weighted by atomic mass is 14.9. The van der Waals surface area contributed by atoms with Crippen LogP contribution in [0.4, 0.5) is 0 Å². The van der Waals surface area contributed by atoms with E-state index < -0.39 is 0 Å². The highest BCUT2D eigenvalue weighted by Crippen LogP contribution is 2.53.